The van der Waals surface area contributed by atoms with Gasteiger partial charge in [-0.15, -0.1) is 0 Å². The van der Waals surface area contributed by atoms with Crippen molar-refractivity contribution >= 4 is 29.1 Å². The maximum absolute atomic E-state index is 11.8. The highest BCUT2D eigenvalue weighted by Gasteiger charge is 2.12. The Hall–Kier alpha value is -1.76. The van der Waals surface area contributed by atoms with Crippen LogP contribution in [-0.2, 0) is 7.05 Å². The summed E-state index contributed by atoms with van der Waals surface area (Å²) in [7, 11) is 1.72. The molecule has 8 heteroatoms. The summed E-state index contributed by atoms with van der Waals surface area (Å²) in [5, 5.41) is 17.0. The van der Waals surface area contributed by atoms with Crippen molar-refractivity contribution in [3.05, 3.63) is 46.2 Å². The molecule has 0 radical (unpaired) electrons. The van der Waals surface area contributed by atoms with Gasteiger partial charge in [0, 0.05) is 19.8 Å². The quantitative estimate of drug-likeness (QED) is 0.839. The van der Waals surface area contributed by atoms with Gasteiger partial charge < -0.3 is 15.2 Å². The van der Waals surface area contributed by atoms with Crippen LogP contribution in [0.4, 0.5) is 0 Å². The highest BCUT2D eigenvalue weighted by atomic mass is 35.5. The normalized spacial score (nSPS) is 12.0. The molecule has 0 fully saturated rings. The van der Waals surface area contributed by atoms with E-state index in [1.807, 2.05) is 0 Å². The molecule has 0 aliphatic carbocycles. The van der Waals surface area contributed by atoms with Crippen LogP contribution in [0.25, 0.3) is 0 Å². The topological polar surface area (TPSA) is 76.4 Å². The largest absolute Gasteiger partial charge is 0.489 e. The summed E-state index contributed by atoms with van der Waals surface area (Å²) >= 11 is 11.8. The molecule has 1 amide bonds. The van der Waals surface area contributed by atoms with Crippen molar-refractivity contribution in [1.82, 2.24) is 15.1 Å². The summed E-state index contributed by atoms with van der Waals surface area (Å²) in [5.41, 5.74) is 0.425. The zero-order valence-corrected chi connectivity index (χ0v) is 13.3. The fourth-order valence-electron chi connectivity index (χ4n) is 1.69. The average molecular weight is 344 g/mol. The van der Waals surface area contributed by atoms with Crippen LogP contribution in [0.1, 0.15) is 10.4 Å². The third-order valence-electron chi connectivity index (χ3n) is 2.81. The van der Waals surface area contributed by atoms with Gasteiger partial charge in [0.05, 0.1) is 16.8 Å². The fraction of sp³-hybridized carbons (Fsp3) is 0.286. The zero-order chi connectivity index (χ0) is 16.1. The van der Waals surface area contributed by atoms with Gasteiger partial charge in [-0.1, -0.05) is 29.3 Å². The minimum Gasteiger partial charge on any atom is -0.489 e. The van der Waals surface area contributed by atoms with Crippen LogP contribution < -0.4 is 10.1 Å². The van der Waals surface area contributed by atoms with E-state index in [0.717, 1.165) is 0 Å². The summed E-state index contributed by atoms with van der Waals surface area (Å²) in [5.74, 6) is 0.0692. The molecule has 1 atom stereocenters. The lowest BCUT2D eigenvalue weighted by atomic mass is 10.3. The number of aryl methyl sites for hydroxylation is 1. The zero-order valence-electron chi connectivity index (χ0n) is 11.8. The van der Waals surface area contributed by atoms with E-state index >= 15 is 0 Å². The van der Waals surface area contributed by atoms with Gasteiger partial charge >= 0.3 is 0 Å². The highest BCUT2D eigenvalue weighted by molar-refractivity contribution is 6.42. The number of aromatic nitrogens is 2. The van der Waals surface area contributed by atoms with Crippen LogP contribution in [0.15, 0.2) is 30.6 Å². The van der Waals surface area contributed by atoms with Crippen LogP contribution in [0.3, 0.4) is 0 Å². The third-order valence-corrected chi connectivity index (χ3v) is 3.61. The molecule has 22 heavy (non-hydrogen) atoms. The molecule has 0 aliphatic rings. The first kappa shape index (κ1) is 16.6. The maximum Gasteiger partial charge on any atom is 0.254 e. The monoisotopic (exact) mass is 343 g/mol. The number of amides is 1. The van der Waals surface area contributed by atoms with E-state index in [1.165, 1.54) is 10.9 Å². The lowest BCUT2D eigenvalue weighted by Gasteiger charge is -2.14. The van der Waals surface area contributed by atoms with Crippen LogP contribution in [0.2, 0.25) is 10.0 Å². The lowest BCUT2D eigenvalue weighted by molar-refractivity contribution is 0.0844. The number of aliphatic hydroxyl groups excluding tert-OH is 1. The second-order valence-corrected chi connectivity index (χ2v) is 5.41. The summed E-state index contributed by atoms with van der Waals surface area (Å²) in [6, 6.07) is 4.98. The Morgan fingerprint density at radius 3 is 2.95 bits per heavy atom. The number of ether oxygens (including phenoxy) is 1. The standard InChI is InChI=1S/C14H15Cl2N3O3/c1-19-7-9(5-18-19)14(21)17-6-10(20)8-22-12-4-2-3-11(15)13(12)16/h2-5,7,10,20H,6,8H2,1H3,(H,17,21). The Balaban J connectivity index is 1.79. The smallest absolute Gasteiger partial charge is 0.254 e. The number of hydrogen-bond acceptors (Lipinski definition) is 4. The molecule has 2 rings (SSSR count). The molecule has 0 spiro atoms. The molecular formula is C14H15Cl2N3O3. The molecular weight excluding hydrogens is 329 g/mol. The summed E-state index contributed by atoms with van der Waals surface area (Å²) in [4.78, 5) is 11.8. The minimum atomic E-state index is -0.879. The van der Waals surface area contributed by atoms with Gasteiger partial charge in [0.25, 0.3) is 5.91 Å². The van der Waals surface area contributed by atoms with Gasteiger partial charge in [-0.05, 0) is 12.1 Å². The number of carbonyl (C=O) groups is 1. The molecule has 0 bridgehead atoms. The Morgan fingerprint density at radius 1 is 1.50 bits per heavy atom. The molecule has 1 heterocycles. The Morgan fingerprint density at radius 2 is 2.27 bits per heavy atom. The first-order valence-corrected chi connectivity index (χ1v) is 7.24. The van der Waals surface area contributed by atoms with E-state index in [2.05, 4.69) is 10.4 Å². The Bertz CT molecular complexity index is 661. The Kier molecular flexibility index (Phi) is 5.65. The lowest BCUT2D eigenvalue weighted by Crippen LogP contribution is -2.35. The minimum absolute atomic E-state index is 0.0205. The van der Waals surface area contributed by atoms with Crippen LogP contribution in [0, 0.1) is 0 Å². The van der Waals surface area contributed by atoms with Crippen molar-refractivity contribution in [3.8, 4) is 5.75 Å². The van der Waals surface area contributed by atoms with Crippen molar-refractivity contribution in [2.45, 2.75) is 6.10 Å². The van der Waals surface area contributed by atoms with Crippen molar-refractivity contribution < 1.29 is 14.6 Å². The van der Waals surface area contributed by atoms with Crippen molar-refractivity contribution in [3.63, 3.8) is 0 Å². The first-order valence-electron chi connectivity index (χ1n) is 6.49. The van der Waals surface area contributed by atoms with Gasteiger partial charge in [0.15, 0.2) is 0 Å². The van der Waals surface area contributed by atoms with Crippen LogP contribution in [0.5, 0.6) is 5.75 Å². The number of carbonyl (C=O) groups excluding carboxylic acids is 1. The van der Waals surface area contributed by atoms with Gasteiger partial charge in [0.1, 0.15) is 23.5 Å². The van der Waals surface area contributed by atoms with E-state index < -0.39 is 6.10 Å². The number of halogens is 2. The van der Waals surface area contributed by atoms with Gasteiger partial charge in [-0.25, -0.2) is 0 Å². The molecule has 1 aromatic carbocycles. The summed E-state index contributed by atoms with van der Waals surface area (Å²) in [6.45, 7) is 0.0271. The number of benzene rings is 1. The first-order chi connectivity index (χ1) is 10.5. The van der Waals surface area contributed by atoms with E-state index in [9.17, 15) is 9.90 Å². The van der Waals surface area contributed by atoms with E-state index in [0.29, 0.717) is 16.3 Å². The molecule has 118 valence electrons. The second-order valence-electron chi connectivity index (χ2n) is 4.63. The van der Waals surface area contributed by atoms with Gasteiger partial charge in [0.2, 0.25) is 0 Å². The SMILES string of the molecule is Cn1cc(C(=O)NCC(O)COc2cccc(Cl)c2Cl)cn1. The molecule has 1 unspecified atom stereocenters. The fourth-order valence-corrected chi connectivity index (χ4v) is 2.04. The van der Waals surface area contributed by atoms with E-state index in [4.69, 9.17) is 27.9 Å². The number of hydrogen-bond donors (Lipinski definition) is 2. The van der Waals surface area contributed by atoms with E-state index in [1.54, 1.807) is 31.4 Å². The van der Waals surface area contributed by atoms with Crippen molar-refractivity contribution in [1.29, 1.82) is 0 Å². The number of nitrogens with one attached hydrogen (secondary N) is 1. The highest BCUT2D eigenvalue weighted by Crippen LogP contribution is 2.31. The van der Waals surface area contributed by atoms with Crippen LogP contribution >= 0.6 is 23.2 Å². The van der Waals surface area contributed by atoms with Gasteiger partial charge in [-0.3, -0.25) is 9.48 Å². The average Bonchev–Trinajstić information content (AvgIpc) is 2.93. The van der Waals surface area contributed by atoms with Crippen molar-refractivity contribution in [2.75, 3.05) is 13.2 Å². The predicted molar refractivity (Wildman–Crippen MR) is 83.5 cm³/mol. The predicted octanol–water partition coefficient (Wildman–Crippen LogP) is 1.90. The molecule has 0 saturated carbocycles. The third kappa shape index (κ3) is 4.37. The summed E-state index contributed by atoms with van der Waals surface area (Å²) in [6.07, 6.45) is 2.16. The molecule has 2 aromatic rings. The number of nitrogens with zero attached hydrogens (tertiary/aromatic N) is 2. The maximum atomic E-state index is 11.8. The summed E-state index contributed by atoms with van der Waals surface area (Å²) < 4.78 is 6.91. The number of aliphatic hydroxyl groups is 1. The molecule has 1 aromatic heterocycles. The van der Waals surface area contributed by atoms with Crippen molar-refractivity contribution in [2.24, 2.45) is 7.05 Å². The molecule has 2 N–H and O–H groups in total. The van der Waals surface area contributed by atoms with Crippen LogP contribution in [-0.4, -0.2) is 40.0 Å². The van der Waals surface area contributed by atoms with E-state index in [-0.39, 0.29) is 24.1 Å². The molecule has 0 aliphatic heterocycles. The van der Waals surface area contributed by atoms with Gasteiger partial charge in [-0.2, -0.15) is 5.10 Å². The second kappa shape index (κ2) is 7.49. The number of rotatable bonds is 6. The Labute approximate surface area is 137 Å². The molecule has 0 saturated heterocycles. The molecule has 6 nitrogen and oxygen atoms in total.